The molecule has 15 N–H and O–H groups in total. The fourth-order valence-electron chi connectivity index (χ4n) is 6.99. The third-order valence-corrected chi connectivity index (χ3v) is 9.94. The molecule has 21 atom stereocenters. The molecule has 324 valence electrons. The maximum Gasteiger partial charge on any atom is 0.364 e. The molecule has 0 aliphatic carbocycles. The number of carboxylic acid groups (broad SMARTS) is 1. The molecule has 4 aliphatic rings. The molecule has 0 radical (unpaired) electrons. The van der Waals surface area contributed by atoms with E-state index >= 15 is 0 Å². The molecule has 0 bridgehead atoms. The molecule has 0 unspecified atom stereocenters. The third kappa shape index (κ3) is 9.74. The Morgan fingerprint density at radius 3 is 1.86 bits per heavy atom. The second-order valence-electron chi connectivity index (χ2n) is 14.0. The zero-order valence-electron chi connectivity index (χ0n) is 30.3. The van der Waals surface area contributed by atoms with Gasteiger partial charge in [0.1, 0.15) is 85.4 Å². The first-order valence-corrected chi connectivity index (χ1v) is 17.6. The van der Waals surface area contributed by atoms with E-state index in [-0.39, 0.29) is 0 Å². The number of carboxylic acids is 1. The van der Waals surface area contributed by atoms with Crippen LogP contribution in [0.3, 0.4) is 0 Å². The number of nitrogens with one attached hydrogen (secondary N) is 2. The Morgan fingerprint density at radius 1 is 0.732 bits per heavy atom. The van der Waals surface area contributed by atoms with Crippen LogP contribution < -0.4 is 10.6 Å². The first-order valence-electron chi connectivity index (χ1n) is 17.6. The summed E-state index contributed by atoms with van der Waals surface area (Å²) in [7, 11) is 0. The largest absolute Gasteiger partial charge is 0.477 e. The minimum absolute atomic E-state index is 0.767. The number of aliphatic hydroxyl groups is 12. The summed E-state index contributed by atoms with van der Waals surface area (Å²) in [5.74, 6) is -6.69. The molecule has 0 saturated carbocycles. The highest BCUT2D eigenvalue weighted by atomic mass is 16.8. The third-order valence-electron chi connectivity index (χ3n) is 9.94. The van der Waals surface area contributed by atoms with Crippen LogP contribution in [0.4, 0.5) is 0 Å². The summed E-state index contributed by atoms with van der Waals surface area (Å²) in [4.78, 5) is 37.0. The van der Waals surface area contributed by atoms with Gasteiger partial charge in [0, 0.05) is 20.3 Å². The summed E-state index contributed by atoms with van der Waals surface area (Å²) in [6, 6.07) is -3.22. The van der Waals surface area contributed by atoms with E-state index in [1.807, 2.05) is 0 Å². The van der Waals surface area contributed by atoms with E-state index in [2.05, 4.69) is 10.6 Å². The number of carbonyl (C=O) groups excluding carboxylic acids is 2. The standard InChI is InChI=1S/C31H52N2O23/c1-8-17(41)20(44)21(45)28(50-8)54-25-16(33-10(3)38)27(47)51-14(7-36)23(25)53-29-22(46)26(19(43)13(6-35)52-29)56-31(30(48)49)4-11(39)15(32-9(2)37)24(55-31)18(42)12(40)5-34/h8,11-29,34-36,39-47H,4-7H2,1-3H3,(H,32,37)(H,33,38)(H,48,49)/t8-,11-,12+,13+,14+,15-,16+,17+,18+,19+,20+,21+,22+,23+,24+,25-,26-,27+,28-,29-,31-/m0/s1. The summed E-state index contributed by atoms with van der Waals surface area (Å²) in [6.07, 6.45) is -35.1. The van der Waals surface area contributed by atoms with Crippen molar-refractivity contribution in [1.82, 2.24) is 10.6 Å². The molecule has 0 spiro atoms. The summed E-state index contributed by atoms with van der Waals surface area (Å²) in [6.45, 7) is 0.283. The molecular formula is C31H52N2O23. The molecule has 4 heterocycles. The van der Waals surface area contributed by atoms with E-state index in [1.54, 1.807) is 0 Å². The Hall–Kier alpha value is -2.35. The molecule has 0 aromatic rings. The maximum atomic E-state index is 12.9. The van der Waals surface area contributed by atoms with Gasteiger partial charge in [0.25, 0.3) is 5.79 Å². The number of hydrogen-bond donors (Lipinski definition) is 15. The number of ether oxygens (including phenoxy) is 7. The van der Waals surface area contributed by atoms with Crippen molar-refractivity contribution < 1.29 is 114 Å². The molecule has 0 aromatic carbocycles. The Bertz CT molecular complexity index is 1330. The predicted octanol–water partition coefficient (Wildman–Crippen LogP) is -9.23. The van der Waals surface area contributed by atoms with Crippen LogP contribution >= 0.6 is 0 Å². The van der Waals surface area contributed by atoms with Gasteiger partial charge < -0.3 is 110 Å². The van der Waals surface area contributed by atoms with Gasteiger partial charge in [-0.05, 0) is 6.92 Å². The lowest BCUT2D eigenvalue weighted by Crippen LogP contribution is -2.71. The van der Waals surface area contributed by atoms with Crippen LogP contribution in [0.25, 0.3) is 0 Å². The lowest BCUT2D eigenvalue weighted by molar-refractivity contribution is -0.390. The lowest BCUT2D eigenvalue weighted by atomic mass is 9.88. The van der Waals surface area contributed by atoms with E-state index in [0.717, 1.165) is 13.8 Å². The van der Waals surface area contributed by atoms with Crippen molar-refractivity contribution >= 4 is 17.8 Å². The molecule has 4 rings (SSSR count). The molecule has 4 aliphatic heterocycles. The lowest BCUT2D eigenvalue weighted by Gasteiger charge is -2.51. The molecule has 56 heavy (non-hydrogen) atoms. The molecule has 2 amide bonds. The van der Waals surface area contributed by atoms with Crippen LogP contribution in [0.15, 0.2) is 0 Å². The second kappa shape index (κ2) is 19.1. The monoisotopic (exact) mass is 820 g/mol. The summed E-state index contributed by atoms with van der Waals surface area (Å²) >= 11 is 0. The second-order valence-corrected chi connectivity index (χ2v) is 14.0. The van der Waals surface area contributed by atoms with Crippen LogP contribution in [0.1, 0.15) is 27.2 Å². The van der Waals surface area contributed by atoms with Crippen molar-refractivity contribution in [1.29, 1.82) is 0 Å². The summed E-state index contributed by atoms with van der Waals surface area (Å²) < 4.78 is 39.7. The normalized spacial score (nSPS) is 45.7. The highest BCUT2D eigenvalue weighted by molar-refractivity contribution is 5.76. The number of rotatable bonds is 14. The smallest absolute Gasteiger partial charge is 0.364 e. The first-order chi connectivity index (χ1) is 26.2. The quantitative estimate of drug-likeness (QED) is 0.0773. The Morgan fingerprint density at radius 2 is 1.30 bits per heavy atom. The van der Waals surface area contributed by atoms with Gasteiger partial charge in [0.05, 0.1) is 38.1 Å². The average molecular weight is 821 g/mol. The van der Waals surface area contributed by atoms with Crippen molar-refractivity contribution in [3.63, 3.8) is 0 Å². The zero-order chi connectivity index (χ0) is 42.0. The van der Waals surface area contributed by atoms with E-state index < -0.39 is 172 Å². The number of carbonyl (C=O) groups is 3. The average Bonchev–Trinajstić information content (AvgIpc) is 3.14. The molecule has 0 aromatic heterocycles. The topological polar surface area (TPSA) is 403 Å². The molecule has 4 fully saturated rings. The van der Waals surface area contributed by atoms with Crippen molar-refractivity contribution in [2.75, 3.05) is 19.8 Å². The van der Waals surface area contributed by atoms with Crippen LogP contribution in [0.5, 0.6) is 0 Å². The highest BCUT2D eigenvalue weighted by Gasteiger charge is 2.60. The fraction of sp³-hybridized carbons (Fsp3) is 0.903. The van der Waals surface area contributed by atoms with E-state index in [0.29, 0.717) is 0 Å². The van der Waals surface area contributed by atoms with Gasteiger partial charge in [0.2, 0.25) is 11.8 Å². The van der Waals surface area contributed by atoms with E-state index in [9.17, 15) is 80.8 Å². The number of aliphatic hydroxyl groups excluding tert-OH is 12. The summed E-state index contributed by atoms with van der Waals surface area (Å²) in [5, 5.41) is 142. The maximum absolute atomic E-state index is 12.9. The van der Waals surface area contributed by atoms with Gasteiger partial charge in [-0.15, -0.1) is 0 Å². The van der Waals surface area contributed by atoms with Crippen LogP contribution in [-0.2, 0) is 47.5 Å². The number of hydrogen-bond acceptors (Lipinski definition) is 22. The SMILES string of the molecule is CC(=O)N[C@@H]1[C@H](O[C@@H]2O[C@@H](C)[C@@H](O)[C@@H](O)[C@H]2O)[C@H](O[C@@H]2O[C@H](CO)[C@@H](O)[C@H](O[C@]3(C(=O)O)C[C@H](O)[C@H](NC(C)=O)[C@H]([C@H](O)[C@H](O)CO)O3)[C@H]2O)[C@@H](CO)O[C@H]1O. The van der Waals surface area contributed by atoms with Gasteiger partial charge in [0.15, 0.2) is 18.9 Å². The van der Waals surface area contributed by atoms with Crippen molar-refractivity contribution in [3.8, 4) is 0 Å². The zero-order valence-corrected chi connectivity index (χ0v) is 30.3. The van der Waals surface area contributed by atoms with Crippen LogP contribution in [-0.4, -0.2) is 232 Å². The van der Waals surface area contributed by atoms with Gasteiger partial charge in [-0.1, -0.05) is 0 Å². The van der Waals surface area contributed by atoms with Crippen LogP contribution in [0, 0.1) is 0 Å². The fourth-order valence-corrected chi connectivity index (χ4v) is 6.99. The van der Waals surface area contributed by atoms with Gasteiger partial charge in [-0.3, -0.25) is 9.59 Å². The minimum atomic E-state index is -3.12. The van der Waals surface area contributed by atoms with E-state index in [4.69, 9.17) is 33.2 Å². The highest BCUT2D eigenvalue weighted by Crippen LogP contribution is 2.39. The van der Waals surface area contributed by atoms with Gasteiger partial charge >= 0.3 is 5.97 Å². The Kier molecular flexibility index (Phi) is 15.8. The van der Waals surface area contributed by atoms with Crippen molar-refractivity contribution in [3.05, 3.63) is 0 Å². The molecule has 25 heteroatoms. The van der Waals surface area contributed by atoms with Gasteiger partial charge in [-0.2, -0.15) is 0 Å². The Labute approximate surface area is 317 Å². The van der Waals surface area contributed by atoms with E-state index in [1.165, 1.54) is 6.92 Å². The molecular weight excluding hydrogens is 768 g/mol. The van der Waals surface area contributed by atoms with Crippen molar-refractivity contribution in [2.45, 2.75) is 155 Å². The van der Waals surface area contributed by atoms with Crippen LogP contribution in [0.2, 0.25) is 0 Å². The van der Waals surface area contributed by atoms with Crippen molar-refractivity contribution in [2.24, 2.45) is 0 Å². The molecule has 4 saturated heterocycles. The number of aliphatic carboxylic acids is 1. The Balaban J connectivity index is 1.71. The predicted molar refractivity (Wildman–Crippen MR) is 173 cm³/mol. The number of amides is 2. The van der Waals surface area contributed by atoms with Gasteiger partial charge in [-0.25, -0.2) is 4.79 Å². The molecule has 25 nitrogen and oxygen atoms in total. The summed E-state index contributed by atoms with van der Waals surface area (Å²) in [5.41, 5.74) is 0. The first kappa shape index (κ1) is 46.3. The minimum Gasteiger partial charge on any atom is -0.477 e.